The minimum Gasteiger partial charge on any atom is -0.316 e. The van der Waals surface area contributed by atoms with Gasteiger partial charge >= 0.3 is 0 Å². The van der Waals surface area contributed by atoms with E-state index < -0.39 is 15.7 Å². The maximum Gasteiger partial charge on any atom is 0.250 e. The molecule has 2 atom stereocenters. The van der Waals surface area contributed by atoms with Gasteiger partial charge in [0.05, 0.1) is 22.6 Å². The third-order valence-corrected chi connectivity index (χ3v) is 7.45. The van der Waals surface area contributed by atoms with Crippen LogP contribution >= 0.6 is 23.4 Å². The van der Waals surface area contributed by atoms with Crippen LogP contribution in [0.2, 0.25) is 5.02 Å². The number of halogens is 2. The number of carbonyl (C=O) groups excluding carboxylic acids is 1. The molecule has 2 aliphatic heterocycles. The lowest BCUT2D eigenvalue weighted by Crippen LogP contribution is -2.37. The van der Waals surface area contributed by atoms with Gasteiger partial charge in [0, 0.05) is 16.9 Å². The van der Waals surface area contributed by atoms with E-state index in [1.165, 1.54) is 30.0 Å². The van der Waals surface area contributed by atoms with Crippen molar-refractivity contribution in [1.82, 2.24) is 0 Å². The zero-order chi connectivity index (χ0) is 17.6. The van der Waals surface area contributed by atoms with Gasteiger partial charge in [-0.1, -0.05) is 37.2 Å². The number of benzene rings is 1. The molecule has 2 heterocycles. The Morgan fingerprint density at radius 1 is 1.42 bits per heavy atom. The quantitative estimate of drug-likeness (QED) is 0.776. The van der Waals surface area contributed by atoms with E-state index in [1.54, 1.807) is 18.7 Å². The van der Waals surface area contributed by atoms with Crippen LogP contribution in [0.25, 0.3) is 0 Å². The van der Waals surface area contributed by atoms with Gasteiger partial charge in [0.2, 0.25) is 0 Å². The summed E-state index contributed by atoms with van der Waals surface area (Å²) in [5.74, 6) is -1.07. The molecule has 0 aliphatic carbocycles. The number of aliphatic imine (C=N–C) groups is 1. The summed E-state index contributed by atoms with van der Waals surface area (Å²) in [6.45, 7) is 3.49. The number of hydrogen-bond donors (Lipinski definition) is 0. The summed E-state index contributed by atoms with van der Waals surface area (Å²) in [5, 5.41) is 0.190. The second kappa shape index (κ2) is 6.31. The topological polar surface area (TPSA) is 66.8 Å². The van der Waals surface area contributed by atoms with Gasteiger partial charge in [0.25, 0.3) is 5.91 Å². The predicted molar refractivity (Wildman–Crippen MR) is 95.0 cm³/mol. The SMILES string of the molecule is CC(C)C(=O)N=C1S[C@H]2CS(=O)(=O)C[C@@H]2N1c1ccc(F)c(Cl)c1. The number of sulfone groups is 1. The molecular weight excluding hydrogens is 375 g/mol. The van der Waals surface area contributed by atoms with Crippen molar-refractivity contribution in [3.63, 3.8) is 0 Å². The number of anilines is 1. The fourth-order valence-corrected chi connectivity index (χ4v) is 6.82. The molecule has 9 heteroatoms. The predicted octanol–water partition coefficient (Wildman–Crippen LogP) is 2.74. The zero-order valence-corrected chi connectivity index (χ0v) is 15.5. The molecule has 2 aliphatic rings. The highest BCUT2D eigenvalue weighted by Crippen LogP contribution is 2.41. The number of thioether (sulfide) groups is 1. The first kappa shape index (κ1) is 17.7. The maximum absolute atomic E-state index is 13.5. The summed E-state index contributed by atoms with van der Waals surface area (Å²) in [7, 11) is -3.14. The molecule has 1 amide bonds. The number of amides is 1. The number of rotatable bonds is 2. The summed E-state index contributed by atoms with van der Waals surface area (Å²) < 4.78 is 37.3. The van der Waals surface area contributed by atoms with Crippen LogP contribution in [0.5, 0.6) is 0 Å². The van der Waals surface area contributed by atoms with Gasteiger partial charge in [-0.25, -0.2) is 12.8 Å². The van der Waals surface area contributed by atoms with E-state index in [1.807, 2.05) is 0 Å². The van der Waals surface area contributed by atoms with E-state index in [9.17, 15) is 17.6 Å². The molecular formula is C15H16ClFN2O3S2. The van der Waals surface area contributed by atoms with E-state index >= 15 is 0 Å². The molecule has 0 radical (unpaired) electrons. The third kappa shape index (κ3) is 3.32. The lowest BCUT2D eigenvalue weighted by molar-refractivity contribution is -0.120. The van der Waals surface area contributed by atoms with Crippen molar-refractivity contribution in [2.24, 2.45) is 10.9 Å². The van der Waals surface area contributed by atoms with E-state index in [2.05, 4.69) is 4.99 Å². The van der Waals surface area contributed by atoms with E-state index in [-0.39, 0.29) is 39.6 Å². The first-order valence-corrected chi connectivity index (χ1v) is 10.5. The molecule has 2 fully saturated rings. The van der Waals surface area contributed by atoms with Crippen LogP contribution in [0.1, 0.15) is 13.8 Å². The summed E-state index contributed by atoms with van der Waals surface area (Å²) in [5.41, 5.74) is 0.536. The maximum atomic E-state index is 13.5. The Bertz CT molecular complexity index is 826. The number of carbonyl (C=O) groups is 1. The standard InChI is InChI=1S/C15H16ClFN2O3S2/c1-8(2)14(20)18-15-19(9-3-4-11(17)10(16)5-9)12-6-24(21,22)7-13(12)23-15/h3-5,8,12-13H,6-7H2,1-2H3/t12-,13-/m0/s1. The summed E-state index contributed by atoms with van der Waals surface area (Å²) in [4.78, 5) is 17.9. The molecule has 1 aromatic rings. The van der Waals surface area contributed by atoms with Crippen LogP contribution in [0.15, 0.2) is 23.2 Å². The average Bonchev–Trinajstić information content (AvgIpc) is 2.93. The van der Waals surface area contributed by atoms with Crippen molar-refractivity contribution in [3.05, 3.63) is 29.0 Å². The Kier molecular flexibility index (Phi) is 4.65. The Morgan fingerprint density at radius 3 is 2.75 bits per heavy atom. The van der Waals surface area contributed by atoms with E-state index in [4.69, 9.17) is 11.6 Å². The van der Waals surface area contributed by atoms with Gasteiger partial charge in [-0.05, 0) is 18.2 Å². The van der Waals surface area contributed by atoms with Crippen molar-refractivity contribution in [3.8, 4) is 0 Å². The zero-order valence-electron chi connectivity index (χ0n) is 13.1. The van der Waals surface area contributed by atoms with Crippen molar-refractivity contribution in [2.45, 2.75) is 25.1 Å². The fraction of sp³-hybridized carbons (Fsp3) is 0.467. The van der Waals surface area contributed by atoms with Gasteiger partial charge in [0.1, 0.15) is 5.82 Å². The van der Waals surface area contributed by atoms with Crippen molar-refractivity contribution in [2.75, 3.05) is 16.4 Å². The highest BCUT2D eigenvalue weighted by atomic mass is 35.5. The molecule has 24 heavy (non-hydrogen) atoms. The molecule has 2 saturated heterocycles. The molecule has 0 aromatic heterocycles. The average molecular weight is 391 g/mol. The summed E-state index contributed by atoms with van der Waals surface area (Å²) in [6, 6.07) is 3.84. The minimum absolute atomic E-state index is 0.0193. The lowest BCUT2D eigenvalue weighted by Gasteiger charge is -2.24. The monoisotopic (exact) mass is 390 g/mol. The number of hydrogen-bond acceptors (Lipinski definition) is 4. The van der Waals surface area contributed by atoms with Crippen LogP contribution < -0.4 is 4.90 Å². The number of nitrogens with zero attached hydrogens (tertiary/aromatic N) is 2. The normalized spacial score (nSPS) is 27.0. The van der Waals surface area contributed by atoms with Crippen molar-refractivity contribution >= 4 is 50.0 Å². The van der Waals surface area contributed by atoms with Crippen LogP contribution in [0.3, 0.4) is 0 Å². The Morgan fingerprint density at radius 2 is 2.12 bits per heavy atom. The van der Waals surface area contributed by atoms with Crippen molar-refractivity contribution in [1.29, 1.82) is 0 Å². The molecule has 3 rings (SSSR count). The van der Waals surface area contributed by atoms with Gasteiger partial charge in [-0.2, -0.15) is 4.99 Å². The van der Waals surface area contributed by atoms with Crippen LogP contribution in [0.4, 0.5) is 10.1 Å². The van der Waals surface area contributed by atoms with Crippen molar-refractivity contribution < 1.29 is 17.6 Å². The number of amidine groups is 1. The highest BCUT2D eigenvalue weighted by molar-refractivity contribution is 8.16. The van der Waals surface area contributed by atoms with Gasteiger partial charge in [-0.15, -0.1) is 0 Å². The van der Waals surface area contributed by atoms with Gasteiger partial charge < -0.3 is 4.90 Å². The molecule has 1 aromatic carbocycles. The Labute approximate surface area is 149 Å². The first-order valence-electron chi connectivity index (χ1n) is 7.42. The van der Waals surface area contributed by atoms with E-state index in [0.717, 1.165) is 0 Å². The second-order valence-electron chi connectivity index (χ2n) is 6.16. The lowest BCUT2D eigenvalue weighted by atomic mass is 10.2. The molecule has 0 N–H and O–H groups in total. The van der Waals surface area contributed by atoms with Crippen LogP contribution in [-0.2, 0) is 14.6 Å². The Hall–Kier alpha value is -1.12. The third-order valence-electron chi connectivity index (χ3n) is 3.95. The number of fused-ring (bicyclic) bond motifs is 1. The minimum atomic E-state index is -3.14. The molecule has 0 saturated carbocycles. The molecule has 5 nitrogen and oxygen atoms in total. The van der Waals surface area contributed by atoms with Crippen LogP contribution in [-0.4, -0.2) is 42.3 Å². The largest absolute Gasteiger partial charge is 0.316 e. The first-order chi connectivity index (χ1) is 11.2. The molecule has 130 valence electrons. The van der Waals surface area contributed by atoms with Gasteiger partial charge in [0.15, 0.2) is 15.0 Å². The fourth-order valence-electron chi connectivity index (χ4n) is 2.72. The summed E-state index contributed by atoms with van der Waals surface area (Å²) >= 11 is 7.14. The highest BCUT2D eigenvalue weighted by Gasteiger charge is 2.49. The van der Waals surface area contributed by atoms with Crippen LogP contribution in [0, 0.1) is 11.7 Å². The molecule has 0 spiro atoms. The molecule has 0 unspecified atom stereocenters. The smallest absolute Gasteiger partial charge is 0.250 e. The molecule has 0 bridgehead atoms. The van der Waals surface area contributed by atoms with E-state index in [0.29, 0.717) is 10.9 Å². The Balaban J connectivity index is 2.04. The van der Waals surface area contributed by atoms with Gasteiger partial charge in [-0.3, -0.25) is 4.79 Å². The summed E-state index contributed by atoms with van der Waals surface area (Å²) in [6.07, 6.45) is 0. The second-order valence-corrected chi connectivity index (χ2v) is 9.92.